The monoisotopic (exact) mass is 247 g/mol. The van der Waals surface area contributed by atoms with Crippen LogP contribution in [0, 0.1) is 0 Å². The molecule has 0 atom stereocenters. The second-order valence-electron chi connectivity index (χ2n) is 3.98. The van der Waals surface area contributed by atoms with Gasteiger partial charge in [-0.2, -0.15) is 0 Å². The first kappa shape index (κ1) is 16.4. The van der Waals surface area contributed by atoms with Gasteiger partial charge in [0, 0.05) is 13.7 Å². The summed E-state index contributed by atoms with van der Waals surface area (Å²) in [6.45, 7) is 6.23. The molecular formula is C12H25NO4. The number of ether oxygens (including phenoxy) is 2. The molecule has 5 heteroatoms. The summed E-state index contributed by atoms with van der Waals surface area (Å²) in [5, 5.41) is 12.3. The fraction of sp³-hybridized carbons (Fsp3) is 0.917. The number of hydrogen-bond acceptors (Lipinski definition) is 4. The van der Waals surface area contributed by atoms with Crippen LogP contribution in [0.25, 0.3) is 0 Å². The lowest BCUT2D eigenvalue weighted by Gasteiger charge is -2.28. The summed E-state index contributed by atoms with van der Waals surface area (Å²) in [5.74, 6) is -0.775. The summed E-state index contributed by atoms with van der Waals surface area (Å²) in [4.78, 5) is 11.2. The fourth-order valence-corrected chi connectivity index (χ4v) is 1.62. The summed E-state index contributed by atoms with van der Waals surface area (Å²) < 4.78 is 10.2. The molecule has 0 rings (SSSR count). The Hall–Kier alpha value is -0.650. The van der Waals surface area contributed by atoms with E-state index in [1.165, 1.54) is 0 Å². The van der Waals surface area contributed by atoms with Gasteiger partial charge in [0.1, 0.15) is 5.54 Å². The topological polar surface area (TPSA) is 67.8 Å². The van der Waals surface area contributed by atoms with Gasteiger partial charge in [0.05, 0.1) is 13.2 Å². The smallest absolute Gasteiger partial charge is 0.323 e. The van der Waals surface area contributed by atoms with Crippen molar-refractivity contribution in [1.82, 2.24) is 5.32 Å². The van der Waals surface area contributed by atoms with E-state index in [1.54, 1.807) is 7.11 Å². The lowest BCUT2D eigenvalue weighted by atomic mass is 9.93. The summed E-state index contributed by atoms with van der Waals surface area (Å²) in [6, 6.07) is 0. The average Bonchev–Trinajstić information content (AvgIpc) is 2.33. The van der Waals surface area contributed by atoms with Crippen LogP contribution in [-0.2, 0) is 14.3 Å². The number of methoxy groups -OCH3 is 1. The Balaban J connectivity index is 3.73. The van der Waals surface area contributed by atoms with Gasteiger partial charge in [0.2, 0.25) is 0 Å². The molecule has 0 fully saturated rings. The third-order valence-corrected chi connectivity index (χ3v) is 2.98. The van der Waals surface area contributed by atoms with Crippen molar-refractivity contribution in [2.45, 2.75) is 38.6 Å². The van der Waals surface area contributed by atoms with Crippen molar-refractivity contribution in [3.05, 3.63) is 0 Å². The van der Waals surface area contributed by atoms with Crippen molar-refractivity contribution in [3.8, 4) is 0 Å². The van der Waals surface area contributed by atoms with Gasteiger partial charge in [-0.25, -0.2) is 0 Å². The predicted molar refractivity (Wildman–Crippen MR) is 66.3 cm³/mol. The molecule has 0 aromatic carbocycles. The Kier molecular flexibility index (Phi) is 9.03. The van der Waals surface area contributed by atoms with Gasteiger partial charge in [-0.1, -0.05) is 13.8 Å². The molecule has 0 bridgehead atoms. The molecule has 0 unspecified atom stereocenters. The predicted octanol–water partition coefficient (Wildman–Crippen LogP) is 1.27. The molecule has 2 N–H and O–H groups in total. The van der Waals surface area contributed by atoms with E-state index in [4.69, 9.17) is 9.47 Å². The summed E-state index contributed by atoms with van der Waals surface area (Å²) in [7, 11) is 1.63. The quantitative estimate of drug-likeness (QED) is 0.538. The molecule has 0 radical (unpaired) electrons. The van der Waals surface area contributed by atoms with Crippen LogP contribution in [0.15, 0.2) is 0 Å². The molecule has 5 nitrogen and oxygen atoms in total. The zero-order valence-electron chi connectivity index (χ0n) is 11.1. The standard InChI is InChI=1S/C12H25NO4/c1-4-12(5-2,11(14)15)13-7-6-8-17-10-9-16-3/h13H,4-10H2,1-3H3,(H,14,15). The van der Waals surface area contributed by atoms with E-state index in [0.717, 1.165) is 6.42 Å². The Morgan fingerprint density at radius 1 is 1.24 bits per heavy atom. The fourth-order valence-electron chi connectivity index (χ4n) is 1.62. The van der Waals surface area contributed by atoms with E-state index in [2.05, 4.69) is 5.32 Å². The van der Waals surface area contributed by atoms with Gasteiger partial charge in [-0.15, -0.1) is 0 Å². The lowest BCUT2D eigenvalue weighted by molar-refractivity contribution is -0.145. The lowest BCUT2D eigenvalue weighted by Crippen LogP contribution is -2.51. The van der Waals surface area contributed by atoms with Gasteiger partial charge < -0.3 is 19.9 Å². The first-order chi connectivity index (χ1) is 8.13. The second kappa shape index (κ2) is 9.39. The van der Waals surface area contributed by atoms with E-state index in [0.29, 0.717) is 39.2 Å². The molecule has 0 aliphatic rings. The molecule has 0 aromatic rings. The second-order valence-corrected chi connectivity index (χ2v) is 3.98. The number of carbonyl (C=O) groups is 1. The van der Waals surface area contributed by atoms with Crippen molar-refractivity contribution in [1.29, 1.82) is 0 Å². The van der Waals surface area contributed by atoms with Crippen molar-refractivity contribution < 1.29 is 19.4 Å². The maximum absolute atomic E-state index is 11.2. The largest absolute Gasteiger partial charge is 0.480 e. The SMILES string of the molecule is CCC(CC)(NCCCOCCOC)C(=O)O. The highest BCUT2D eigenvalue weighted by Gasteiger charge is 2.33. The first-order valence-electron chi connectivity index (χ1n) is 6.18. The van der Waals surface area contributed by atoms with Crippen molar-refractivity contribution in [3.63, 3.8) is 0 Å². The zero-order chi connectivity index (χ0) is 13.1. The van der Waals surface area contributed by atoms with E-state index in [1.807, 2.05) is 13.8 Å². The van der Waals surface area contributed by atoms with Gasteiger partial charge in [0.25, 0.3) is 0 Å². The summed E-state index contributed by atoms with van der Waals surface area (Å²) in [5.41, 5.74) is -0.785. The zero-order valence-corrected chi connectivity index (χ0v) is 11.1. The normalized spacial score (nSPS) is 11.7. The van der Waals surface area contributed by atoms with Gasteiger partial charge in [-0.3, -0.25) is 4.79 Å². The van der Waals surface area contributed by atoms with E-state index in [9.17, 15) is 9.90 Å². The summed E-state index contributed by atoms with van der Waals surface area (Å²) in [6.07, 6.45) is 1.98. The molecule has 0 aromatic heterocycles. The van der Waals surface area contributed by atoms with Crippen molar-refractivity contribution >= 4 is 5.97 Å². The van der Waals surface area contributed by atoms with Crippen molar-refractivity contribution in [2.75, 3.05) is 33.5 Å². The Morgan fingerprint density at radius 3 is 2.35 bits per heavy atom. The van der Waals surface area contributed by atoms with Gasteiger partial charge in [0.15, 0.2) is 0 Å². The molecular weight excluding hydrogens is 222 g/mol. The van der Waals surface area contributed by atoms with Crippen LogP contribution in [-0.4, -0.2) is 50.1 Å². The van der Waals surface area contributed by atoms with Crippen LogP contribution in [0.3, 0.4) is 0 Å². The Labute approximate surface area is 103 Å². The van der Waals surface area contributed by atoms with Crippen LogP contribution < -0.4 is 5.32 Å². The van der Waals surface area contributed by atoms with E-state index < -0.39 is 11.5 Å². The first-order valence-corrected chi connectivity index (χ1v) is 6.18. The van der Waals surface area contributed by atoms with Gasteiger partial charge >= 0.3 is 5.97 Å². The Bertz CT molecular complexity index is 205. The number of rotatable bonds is 11. The molecule has 0 saturated carbocycles. The van der Waals surface area contributed by atoms with E-state index in [-0.39, 0.29) is 0 Å². The maximum Gasteiger partial charge on any atom is 0.323 e. The molecule has 0 saturated heterocycles. The highest BCUT2D eigenvalue weighted by Crippen LogP contribution is 2.15. The van der Waals surface area contributed by atoms with Crippen LogP contribution in [0.1, 0.15) is 33.1 Å². The molecule has 0 amide bonds. The third-order valence-electron chi connectivity index (χ3n) is 2.98. The number of nitrogens with one attached hydrogen (secondary N) is 1. The minimum absolute atomic E-state index is 0.585. The Morgan fingerprint density at radius 2 is 1.88 bits per heavy atom. The maximum atomic E-state index is 11.2. The molecule has 0 heterocycles. The van der Waals surface area contributed by atoms with E-state index >= 15 is 0 Å². The van der Waals surface area contributed by atoms with Crippen molar-refractivity contribution in [2.24, 2.45) is 0 Å². The number of carboxylic acid groups (broad SMARTS) is 1. The van der Waals surface area contributed by atoms with Gasteiger partial charge in [-0.05, 0) is 25.8 Å². The summed E-state index contributed by atoms with van der Waals surface area (Å²) >= 11 is 0. The number of aliphatic carboxylic acids is 1. The minimum atomic E-state index is -0.785. The van der Waals surface area contributed by atoms with Crippen LogP contribution in [0.2, 0.25) is 0 Å². The molecule has 0 aliphatic carbocycles. The third kappa shape index (κ3) is 6.00. The molecule has 0 spiro atoms. The van der Waals surface area contributed by atoms with Crippen LogP contribution in [0.5, 0.6) is 0 Å². The minimum Gasteiger partial charge on any atom is -0.480 e. The van der Waals surface area contributed by atoms with Crippen LogP contribution >= 0.6 is 0 Å². The average molecular weight is 247 g/mol. The number of hydrogen-bond donors (Lipinski definition) is 2. The van der Waals surface area contributed by atoms with Crippen LogP contribution in [0.4, 0.5) is 0 Å². The highest BCUT2D eigenvalue weighted by molar-refractivity contribution is 5.78. The molecule has 0 aliphatic heterocycles. The number of carboxylic acids is 1. The molecule has 102 valence electrons. The highest BCUT2D eigenvalue weighted by atomic mass is 16.5. The molecule has 17 heavy (non-hydrogen) atoms.